The third-order valence-corrected chi connectivity index (χ3v) is 4.78. The van der Waals surface area contributed by atoms with Gasteiger partial charge < -0.3 is 20.4 Å². The Morgan fingerprint density at radius 1 is 1.20 bits per heavy atom. The van der Waals surface area contributed by atoms with E-state index in [2.05, 4.69) is 20.7 Å². The van der Waals surface area contributed by atoms with E-state index in [4.69, 9.17) is 0 Å². The smallest absolute Gasteiger partial charge is 0.251 e. The van der Waals surface area contributed by atoms with Crippen molar-refractivity contribution in [3.8, 4) is 0 Å². The van der Waals surface area contributed by atoms with E-state index in [0.29, 0.717) is 31.7 Å². The molecule has 1 aliphatic heterocycles. The number of hydrogen-bond donors (Lipinski definition) is 2. The zero-order valence-corrected chi connectivity index (χ0v) is 17.5. The summed E-state index contributed by atoms with van der Waals surface area (Å²) in [7, 11) is 1.84. The number of hydrogen-bond acceptors (Lipinski definition) is 4. The number of piperazine rings is 1. The minimum Gasteiger partial charge on any atom is -0.357 e. The van der Waals surface area contributed by atoms with Crippen molar-refractivity contribution in [3.63, 3.8) is 0 Å². The molecule has 1 aliphatic rings. The molecule has 2 heterocycles. The number of rotatable bonds is 7. The molecule has 30 heavy (non-hydrogen) atoms. The predicted octanol–water partition coefficient (Wildman–Crippen LogP) is 0.854. The second-order valence-electron chi connectivity index (χ2n) is 7.05. The Morgan fingerprint density at radius 2 is 2.00 bits per heavy atom. The van der Waals surface area contributed by atoms with Crippen LogP contribution in [0.2, 0.25) is 0 Å². The van der Waals surface area contributed by atoms with Gasteiger partial charge in [-0.25, -0.2) is 0 Å². The summed E-state index contributed by atoms with van der Waals surface area (Å²) in [5.41, 5.74) is 1.47. The number of anilines is 1. The van der Waals surface area contributed by atoms with Crippen LogP contribution in [0.1, 0.15) is 23.7 Å². The van der Waals surface area contributed by atoms with Gasteiger partial charge in [0, 0.05) is 51.5 Å². The third-order valence-electron chi connectivity index (χ3n) is 4.78. The second kappa shape index (κ2) is 10.4. The van der Waals surface area contributed by atoms with Crippen LogP contribution in [0, 0.1) is 0 Å². The first kappa shape index (κ1) is 21.4. The SMILES string of the molecule is CCNC(=NCCCNC(=O)c1ccccc1)N1CCN(c2cnn(C)c2)C(=O)C1. The van der Waals surface area contributed by atoms with Gasteiger partial charge in [-0.1, -0.05) is 18.2 Å². The van der Waals surface area contributed by atoms with Crippen LogP contribution < -0.4 is 15.5 Å². The maximum atomic E-state index is 12.6. The molecule has 1 aromatic heterocycles. The molecule has 2 aromatic rings. The van der Waals surface area contributed by atoms with Crippen LogP contribution in [0.3, 0.4) is 0 Å². The average molecular weight is 412 g/mol. The van der Waals surface area contributed by atoms with Gasteiger partial charge in [0.2, 0.25) is 5.91 Å². The normalized spacial score (nSPS) is 14.7. The fraction of sp³-hybridized carbons (Fsp3) is 0.429. The third kappa shape index (κ3) is 5.59. The van der Waals surface area contributed by atoms with Gasteiger partial charge in [-0.15, -0.1) is 0 Å². The molecule has 0 unspecified atom stereocenters. The van der Waals surface area contributed by atoms with Crippen LogP contribution in [-0.4, -0.2) is 71.7 Å². The average Bonchev–Trinajstić information content (AvgIpc) is 3.19. The summed E-state index contributed by atoms with van der Waals surface area (Å²) in [4.78, 5) is 33.1. The number of benzene rings is 1. The highest BCUT2D eigenvalue weighted by molar-refractivity contribution is 5.98. The molecule has 2 N–H and O–H groups in total. The summed E-state index contributed by atoms with van der Waals surface area (Å²) >= 11 is 0. The Balaban J connectivity index is 1.48. The fourth-order valence-corrected chi connectivity index (χ4v) is 3.26. The van der Waals surface area contributed by atoms with E-state index < -0.39 is 0 Å². The largest absolute Gasteiger partial charge is 0.357 e. The molecule has 0 radical (unpaired) electrons. The van der Waals surface area contributed by atoms with Crippen molar-refractivity contribution in [1.29, 1.82) is 0 Å². The van der Waals surface area contributed by atoms with Gasteiger partial charge in [0.25, 0.3) is 5.91 Å². The molecule has 0 bridgehead atoms. The van der Waals surface area contributed by atoms with Gasteiger partial charge in [-0.3, -0.25) is 19.3 Å². The number of guanidine groups is 1. The zero-order chi connectivity index (χ0) is 21.3. The molecule has 2 amide bonds. The van der Waals surface area contributed by atoms with E-state index in [1.807, 2.05) is 43.3 Å². The maximum Gasteiger partial charge on any atom is 0.251 e. The van der Waals surface area contributed by atoms with Gasteiger partial charge in [0.05, 0.1) is 11.9 Å². The minimum atomic E-state index is -0.0800. The molecule has 3 rings (SSSR count). The highest BCUT2D eigenvalue weighted by Gasteiger charge is 2.27. The monoisotopic (exact) mass is 411 g/mol. The van der Waals surface area contributed by atoms with E-state index in [-0.39, 0.29) is 18.4 Å². The lowest BCUT2D eigenvalue weighted by atomic mass is 10.2. The molecule has 1 fully saturated rings. The Morgan fingerprint density at radius 3 is 2.67 bits per heavy atom. The van der Waals surface area contributed by atoms with E-state index in [9.17, 15) is 9.59 Å². The van der Waals surface area contributed by atoms with Crippen molar-refractivity contribution >= 4 is 23.5 Å². The van der Waals surface area contributed by atoms with E-state index in [1.165, 1.54) is 0 Å². The number of carbonyl (C=O) groups excluding carboxylic acids is 2. The number of carbonyl (C=O) groups is 2. The van der Waals surface area contributed by atoms with Crippen molar-refractivity contribution in [2.24, 2.45) is 12.0 Å². The van der Waals surface area contributed by atoms with Gasteiger partial charge in [-0.2, -0.15) is 5.10 Å². The quantitative estimate of drug-likeness (QED) is 0.400. The highest BCUT2D eigenvalue weighted by atomic mass is 16.2. The van der Waals surface area contributed by atoms with E-state index >= 15 is 0 Å². The molecule has 9 heteroatoms. The molecule has 160 valence electrons. The molecule has 0 aliphatic carbocycles. The van der Waals surface area contributed by atoms with Crippen molar-refractivity contribution in [2.45, 2.75) is 13.3 Å². The second-order valence-corrected chi connectivity index (χ2v) is 7.05. The molecule has 0 spiro atoms. The number of nitrogens with one attached hydrogen (secondary N) is 2. The van der Waals surface area contributed by atoms with Crippen LogP contribution in [0.5, 0.6) is 0 Å². The Labute approximate surface area is 176 Å². The predicted molar refractivity (Wildman–Crippen MR) is 117 cm³/mol. The number of aliphatic imine (C=N–C) groups is 1. The molecular weight excluding hydrogens is 382 g/mol. The number of aromatic nitrogens is 2. The van der Waals surface area contributed by atoms with Gasteiger partial charge >= 0.3 is 0 Å². The van der Waals surface area contributed by atoms with Crippen molar-refractivity contribution < 1.29 is 9.59 Å². The lowest BCUT2D eigenvalue weighted by Crippen LogP contribution is -2.55. The number of amides is 2. The lowest BCUT2D eigenvalue weighted by molar-refractivity contribution is -0.120. The highest BCUT2D eigenvalue weighted by Crippen LogP contribution is 2.16. The Hall–Kier alpha value is -3.36. The zero-order valence-electron chi connectivity index (χ0n) is 17.5. The number of nitrogens with zero attached hydrogens (tertiary/aromatic N) is 5. The topological polar surface area (TPSA) is 94.9 Å². The summed E-state index contributed by atoms with van der Waals surface area (Å²) in [5, 5.41) is 10.3. The molecule has 1 saturated heterocycles. The van der Waals surface area contributed by atoms with Crippen molar-refractivity contribution in [2.75, 3.05) is 44.2 Å². The van der Waals surface area contributed by atoms with Crippen LogP contribution in [0.25, 0.3) is 0 Å². The van der Waals surface area contributed by atoms with Crippen LogP contribution in [0.4, 0.5) is 5.69 Å². The van der Waals surface area contributed by atoms with E-state index in [0.717, 1.165) is 24.6 Å². The van der Waals surface area contributed by atoms with Crippen LogP contribution in [0.15, 0.2) is 47.7 Å². The molecular formula is C21H29N7O2. The minimum absolute atomic E-state index is 0.0231. The molecule has 0 atom stereocenters. The van der Waals surface area contributed by atoms with Crippen molar-refractivity contribution in [3.05, 3.63) is 48.3 Å². The summed E-state index contributed by atoms with van der Waals surface area (Å²) in [6.45, 7) is 5.38. The van der Waals surface area contributed by atoms with Gasteiger partial charge in [0.15, 0.2) is 5.96 Å². The first-order chi connectivity index (χ1) is 14.6. The van der Waals surface area contributed by atoms with Gasteiger partial charge in [0.1, 0.15) is 6.54 Å². The Kier molecular flexibility index (Phi) is 7.42. The fourth-order valence-electron chi connectivity index (χ4n) is 3.26. The van der Waals surface area contributed by atoms with Gasteiger partial charge in [-0.05, 0) is 25.5 Å². The summed E-state index contributed by atoms with van der Waals surface area (Å²) in [5.74, 6) is 0.671. The first-order valence-corrected chi connectivity index (χ1v) is 10.2. The molecule has 1 aromatic carbocycles. The number of aryl methyl sites for hydroxylation is 1. The molecule has 0 saturated carbocycles. The first-order valence-electron chi connectivity index (χ1n) is 10.2. The van der Waals surface area contributed by atoms with E-state index in [1.54, 1.807) is 27.9 Å². The van der Waals surface area contributed by atoms with Crippen molar-refractivity contribution in [1.82, 2.24) is 25.3 Å². The molecule has 9 nitrogen and oxygen atoms in total. The standard InChI is InChI=1S/C21H29N7O2/c1-3-22-21(24-11-7-10-23-20(30)17-8-5-4-6-9-17)27-12-13-28(19(29)16-27)18-14-25-26(2)15-18/h4-6,8-9,14-15H,3,7,10-13,16H2,1-2H3,(H,22,24)(H,23,30). The Bertz CT molecular complexity index is 878. The lowest BCUT2D eigenvalue weighted by Gasteiger charge is -2.35. The van der Waals surface area contributed by atoms with Crippen LogP contribution >= 0.6 is 0 Å². The summed E-state index contributed by atoms with van der Waals surface area (Å²) in [6, 6.07) is 9.15. The van der Waals surface area contributed by atoms with Crippen LogP contribution in [-0.2, 0) is 11.8 Å². The summed E-state index contributed by atoms with van der Waals surface area (Å²) in [6.07, 6.45) is 4.27. The summed E-state index contributed by atoms with van der Waals surface area (Å²) < 4.78 is 1.69. The maximum absolute atomic E-state index is 12.6.